The first kappa shape index (κ1) is 17.0. The summed E-state index contributed by atoms with van der Waals surface area (Å²) >= 11 is 0. The van der Waals surface area contributed by atoms with Crippen LogP contribution in [0, 0.1) is 6.92 Å². The summed E-state index contributed by atoms with van der Waals surface area (Å²) in [5.74, 6) is -0.0446. The van der Waals surface area contributed by atoms with Crippen molar-refractivity contribution in [1.82, 2.24) is 20.0 Å². The van der Waals surface area contributed by atoms with E-state index in [1.165, 1.54) is 6.42 Å². The number of rotatable bonds is 8. The standard InChI is InChI=1S/C16H28N4O2/c1-3-20-15(11-13(2)18-20)16(22)17-8-4-5-9-19-10-6-7-14(19)12-21/h11,14,21H,3-10,12H2,1-2H3,(H,17,22). The lowest BCUT2D eigenvalue weighted by atomic mass is 10.2. The number of aromatic nitrogens is 2. The Morgan fingerprint density at radius 1 is 1.50 bits per heavy atom. The molecule has 2 N–H and O–H groups in total. The van der Waals surface area contributed by atoms with E-state index in [2.05, 4.69) is 15.3 Å². The van der Waals surface area contributed by atoms with E-state index >= 15 is 0 Å². The number of aliphatic hydroxyl groups is 1. The average molecular weight is 308 g/mol. The average Bonchev–Trinajstić information content (AvgIpc) is 3.12. The Bertz CT molecular complexity index is 486. The molecule has 1 aliphatic rings. The highest BCUT2D eigenvalue weighted by molar-refractivity contribution is 5.92. The van der Waals surface area contributed by atoms with Gasteiger partial charge in [-0.25, -0.2) is 0 Å². The molecule has 1 saturated heterocycles. The van der Waals surface area contributed by atoms with E-state index in [9.17, 15) is 9.90 Å². The highest BCUT2D eigenvalue weighted by Gasteiger charge is 2.22. The minimum Gasteiger partial charge on any atom is -0.395 e. The predicted molar refractivity (Wildman–Crippen MR) is 85.9 cm³/mol. The highest BCUT2D eigenvalue weighted by atomic mass is 16.3. The molecule has 1 fully saturated rings. The molecular formula is C16H28N4O2. The van der Waals surface area contributed by atoms with Gasteiger partial charge < -0.3 is 10.4 Å². The molecular weight excluding hydrogens is 280 g/mol. The Kier molecular flexibility index (Phi) is 6.39. The van der Waals surface area contributed by atoms with Crippen LogP contribution in [0.2, 0.25) is 0 Å². The molecule has 22 heavy (non-hydrogen) atoms. The van der Waals surface area contributed by atoms with Crippen LogP contribution in [0.4, 0.5) is 0 Å². The van der Waals surface area contributed by atoms with Crippen LogP contribution in [-0.4, -0.2) is 58.0 Å². The van der Waals surface area contributed by atoms with Gasteiger partial charge in [-0.1, -0.05) is 0 Å². The van der Waals surface area contributed by atoms with Crippen LogP contribution < -0.4 is 5.32 Å². The van der Waals surface area contributed by atoms with Crippen molar-refractivity contribution in [3.63, 3.8) is 0 Å². The topological polar surface area (TPSA) is 70.4 Å². The number of hydrogen-bond donors (Lipinski definition) is 2. The summed E-state index contributed by atoms with van der Waals surface area (Å²) in [4.78, 5) is 14.5. The maximum absolute atomic E-state index is 12.1. The molecule has 1 amide bonds. The third kappa shape index (κ3) is 4.30. The van der Waals surface area contributed by atoms with Crippen molar-refractivity contribution >= 4 is 5.91 Å². The van der Waals surface area contributed by atoms with Crippen LogP contribution in [0.5, 0.6) is 0 Å². The minimum atomic E-state index is -0.0446. The van der Waals surface area contributed by atoms with Crippen molar-refractivity contribution in [3.8, 4) is 0 Å². The Balaban J connectivity index is 1.67. The van der Waals surface area contributed by atoms with Crippen molar-refractivity contribution in [2.24, 2.45) is 0 Å². The summed E-state index contributed by atoms with van der Waals surface area (Å²) in [5.41, 5.74) is 1.51. The SMILES string of the molecule is CCn1nc(C)cc1C(=O)NCCCCN1CCCC1CO. The molecule has 2 heterocycles. The predicted octanol–water partition coefficient (Wildman–Crippen LogP) is 1.18. The lowest BCUT2D eigenvalue weighted by Gasteiger charge is -2.22. The molecule has 124 valence electrons. The molecule has 1 aliphatic heterocycles. The normalized spacial score (nSPS) is 18.8. The third-order valence-corrected chi connectivity index (χ3v) is 4.30. The van der Waals surface area contributed by atoms with Gasteiger partial charge in [-0.15, -0.1) is 0 Å². The summed E-state index contributed by atoms with van der Waals surface area (Å²) in [6, 6.07) is 2.17. The summed E-state index contributed by atoms with van der Waals surface area (Å²) in [5, 5.41) is 16.5. The maximum Gasteiger partial charge on any atom is 0.269 e. The van der Waals surface area contributed by atoms with E-state index in [4.69, 9.17) is 0 Å². The van der Waals surface area contributed by atoms with Crippen molar-refractivity contribution < 1.29 is 9.90 Å². The van der Waals surface area contributed by atoms with Crippen LogP contribution >= 0.6 is 0 Å². The lowest BCUT2D eigenvalue weighted by molar-refractivity contribution is 0.0941. The fourth-order valence-corrected chi connectivity index (χ4v) is 3.10. The molecule has 1 aromatic heterocycles. The van der Waals surface area contributed by atoms with Crippen molar-refractivity contribution in [3.05, 3.63) is 17.5 Å². The van der Waals surface area contributed by atoms with E-state index in [-0.39, 0.29) is 12.5 Å². The second-order valence-corrected chi connectivity index (χ2v) is 5.96. The van der Waals surface area contributed by atoms with Gasteiger partial charge in [0.25, 0.3) is 5.91 Å². The van der Waals surface area contributed by atoms with Crippen LogP contribution in [-0.2, 0) is 6.54 Å². The molecule has 1 atom stereocenters. The van der Waals surface area contributed by atoms with Crippen LogP contribution in [0.25, 0.3) is 0 Å². The van der Waals surface area contributed by atoms with Crippen LogP contribution in [0.1, 0.15) is 48.8 Å². The van der Waals surface area contributed by atoms with E-state index in [0.717, 1.165) is 38.0 Å². The van der Waals surface area contributed by atoms with Gasteiger partial charge in [-0.2, -0.15) is 5.10 Å². The fraction of sp³-hybridized carbons (Fsp3) is 0.750. The monoisotopic (exact) mass is 308 g/mol. The maximum atomic E-state index is 12.1. The molecule has 6 nitrogen and oxygen atoms in total. The van der Waals surface area contributed by atoms with E-state index < -0.39 is 0 Å². The number of carbonyl (C=O) groups is 1. The fourth-order valence-electron chi connectivity index (χ4n) is 3.10. The zero-order valence-electron chi connectivity index (χ0n) is 13.7. The first-order valence-electron chi connectivity index (χ1n) is 8.33. The van der Waals surface area contributed by atoms with Gasteiger partial charge >= 0.3 is 0 Å². The van der Waals surface area contributed by atoms with Gasteiger partial charge in [-0.3, -0.25) is 14.4 Å². The number of carbonyl (C=O) groups excluding carboxylic acids is 1. The van der Waals surface area contributed by atoms with Gasteiger partial charge in [0.2, 0.25) is 0 Å². The second kappa shape index (κ2) is 8.29. The number of nitrogens with one attached hydrogen (secondary N) is 1. The molecule has 0 saturated carbocycles. The molecule has 2 rings (SSSR count). The highest BCUT2D eigenvalue weighted by Crippen LogP contribution is 2.16. The van der Waals surface area contributed by atoms with Gasteiger partial charge in [0, 0.05) is 19.1 Å². The first-order chi connectivity index (χ1) is 10.7. The number of aliphatic hydroxyl groups excluding tert-OH is 1. The van der Waals surface area contributed by atoms with E-state index in [1.807, 2.05) is 19.9 Å². The number of likely N-dealkylation sites (tertiary alicyclic amines) is 1. The minimum absolute atomic E-state index is 0.0446. The Morgan fingerprint density at radius 3 is 3.05 bits per heavy atom. The molecule has 0 spiro atoms. The van der Waals surface area contributed by atoms with Gasteiger partial charge in [-0.05, 0) is 58.7 Å². The zero-order chi connectivity index (χ0) is 15.9. The summed E-state index contributed by atoms with van der Waals surface area (Å²) < 4.78 is 1.74. The van der Waals surface area contributed by atoms with Crippen molar-refractivity contribution in [2.75, 3.05) is 26.2 Å². The summed E-state index contributed by atoms with van der Waals surface area (Å²) in [6.45, 7) is 7.63. The van der Waals surface area contributed by atoms with Gasteiger partial charge in [0.15, 0.2) is 0 Å². The molecule has 0 aromatic carbocycles. The van der Waals surface area contributed by atoms with Crippen molar-refractivity contribution in [1.29, 1.82) is 0 Å². The summed E-state index contributed by atoms with van der Waals surface area (Å²) in [6.07, 6.45) is 4.29. The number of amides is 1. The van der Waals surface area contributed by atoms with Gasteiger partial charge in [0.1, 0.15) is 5.69 Å². The number of unbranched alkanes of at least 4 members (excludes halogenated alkanes) is 1. The number of hydrogen-bond acceptors (Lipinski definition) is 4. The smallest absolute Gasteiger partial charge is 0.269 e. The van der Waals surface area contributed by atoms with E-state index in [1.54, 1.807) is 4.68 Å². The van der Waals surface area contributed by atoms with Crippen LogP contribution in [0.15, 0.2) is 6.07 Å². The second-order valence-electron chi connectivity index (χ2n) is 5.96. The summed E-state index contributed by atoms with van der Waals surface area (Å²) in [7, 11) is 0. The van der Waals surface area contributed by atoms with E-state index in [0.29, 0.717) is 24.8 Å². The molecule has 6 heteroatoms. The Labute approximate surface area is 132 Å². The number of aryl methyl sites for hydroxylation is 2. The van der Waals surface area contributed by atoms with Gasteiger partial charge in [0.05, 0.1) is 12.3 Å². The van der Waals surface area contributed by atoms with Crippen LogP contribution in [0.3, 0.4) is 0 Å². The molecule has 0 aliphatic carbocycles. The Hall–Kier alpha value is -1.40. The molecule has 1 aromatic rings. The largest absolute Gasteiger partial charge is 0.395 e. The third-order valence-electron chi connectivity index (χ3n) is 4.30. The number of nitrogens with zero attached hydrogens (tertiary/aromatic N) is 3. The molecule has 1 unspecified atom stereocenters. The molecule has 0 bridgehead atoms. The first-order valence-corrected chi connectivity index (χ1v) is 8.33. The zero-order valence-corrected chi connectivity index (χ0v) is 13.7. The quantitative estimate of drug-likeness (QED) is 0.708. The Morgan fingerprint density at radius 2 is 2.32 bits per heavy atom. The van der Waals surface area contributed by atoms with Crippen molar-refractivity contribution in [2.45, 2.75) is 52.1 Å². The lowest BCUT2D eigenvalue weighted by Crippen LogP contribution is -2.33. The molecule has 0 radical (unpaired) electrons.